The normalized spacial score (nSPS) is 22.9. The van der Waals surface area contributed by atoms with E-state index in [0.29, 0.717) is 25.1 Å². The Bertz CT molecular complexity index is 975. The lowest BCUT2D eigenvalue weighted by Crippen LogP contribution is -2.52. The second-order valence-corrected chi connectivity index (χ2v) is 10.8. The Kier molecular flexibility index (Phi) is 6.02. The number of imide groups is 1. The molecule has 1 spiro atoms. The highest BCUT2D eigenvalue weighted by Gasteiger charge is 2.51. The average Bonchev–Trinajstić information content (AvgIpc) is 2.98. The molecule has 2 heterocycles. The van der Waals surface area contributed by atoms with Gasteiger partial charge in [0.05, 0.1) is 17.0 Å². The Labute approximate surface area is 183 Å². The smallest absolute Gasteiger partial charge is 0.243 e. The third kappa shape index (κ3) is 4.18. The van der Waals surface area contributed by atoms with Crippen molar-refractivity contribution in [3.8, 4) is 0 Å². The van der Waals surface area contributed by atoms with Gasteiger partial charge in [-0.1, -0.05) is 31.4 Å². The van der Waals surface area contributed by atoms with Crippen LogP contribution in [0.4, 0.5) is 0 Å². The van der Waals surface area contributed by atoms with E-state index in [1.54, 1.807) is 0 Å². The SMILES string of the molecule is CC(=O)c1ccc(S(=O)(=O)N2CCN(CN3C(=O)CC4(CCCCC4)C3=O)CC2)cc1. The number of sulfonamides is 1. The second kappa shape index (κ2) is 8.44. The van der Waals surface area contributed by atoms with Gasteiger partial charge in [0.2, 0.25) is 21.8 Å². The zero-order valence-corrected chi connectivity index (χ0v) is 18.7. The number of amides is 2. The Morgan fingerprint density at radius 2 is 1.58 bits per heavy atom. The Morgan fingerprint density at radius 3 is 2.16 bits per heavy atom. The number of benzene rings is 1. The van der Waals surface area contributed by atoms with E-state index in [-0.39, 0.29) is 42.3 Å². The first-order chi connectivity index (χ1) is 14.7. The maximum absolute atomic E-state index is 13.0. The first-order valence-electron chi connectivity index (χ1n) is 10.9. The van der Waals surface area contributed by atoms with E-state index in [4.69, 9.17) is 0 Å². The number of likely N-dealkylation sites (tertiary alicyclic amines) is 1. The molecule has 168 valence electrons. The number of piperazine rings is 1. The summed E-state index contributed by atoms with van der Waals surface area (Å²) in [5.41, 5.74) is -0.0218. The second-order valence-electron chi connectivity index (χ2n) is 8.89. The third-order valence-corrected chi connectivity index (χ3v) is 8.78. The number of Topliss-reactive ketones (excluding diaryl/α,β-unsaturated/α-hetero) is 1. The highest BCUT2D eigenvalue weighted by molar-refractivity contribution is 7.89. The highest BCUT2D eigenvalue weighted by atomic mass is 32.2. The molecule has 0 N–H and O–H groups in total. The summed E-state index contributed by atoms with van der Waals surface area (Å²) >= 11 is 0. The van der Waals surface area contributed by atoms with Crippen LogP contribution in [0.1, 0.15) is 55.8 Å². The molecule has 1 aromatic carbocycles. The summed E-state index contributed by atoms with van der Waals surface area (Å²) in [6, 6.07) is 5.97. The van der Waals surface area contributed by atoms with Gasteiger partial charge < -0.3 is 0 Å². The summed E-state index contributed by atoms with van der Waals surface area (Å²) in [5, 5.41) is 0. The molecule has 0 radical (unpaired) electrons. The first-order valence-corrected chi connectivity index (χ1v) is 12.4. The Hall–Kier alpha value is -2.10. The van der Waals surface area contributed by atoms with E-state index in [1.165, 1.54) is 40.4 Å². The van der Waals surface area contributed by atoms with Crippen LogP contribution in [0.3, 0.4) is 0 Å². The monoisotopic (exact) mass is 447 g/mol. The number of nitrogens with zero attached hydrogens (tertiary/aromatic N) is 3. The van der Waals surface area contributed by atoms with Crippen molar-refractivity contribution in [2.75, 3.05) is 32.8 Å². The quantitative estimate of drug-likeness (QED) is 0.505. The lowest BCUT2D eigenvalue weighted by molar-refractivity contribution is -0.145. The van der Waals surface area contributed by atoms with Crippen LogP contribution in [0.2, 0.25) is 0 Å². The molecule has 1 saturated carbocycles. The van der Waals surface area contributed by atoms with Crippen LogP contribution in [0.25, 0.3) is 0 Å². The molecule has 0 unspecified atom stereocenters. The summed E-state index contributed by atoms with van der Waals surface area (Å²) in [5.74, 6) is -0.260. The molecule has 9 heteroatoms. The number of carbonyl (C=O) groups excluding carboxylic acids is 3. The summed E-state index contributed by atoms with van der Waals surface area (Å²) in [4.78, 5) is 40.5. The van der Waals surface area contributed by atoms with Gasteiger partial charge in [0.1, 0.15) is 0 Å². The van der Waals surface area contributed by atoms with Crippen molar-refractivity contribution in [2.45, 2.75) is 50.3 Å². The molecule has 1 aliphatic carbocycles. The van der Waals surface area contributed by atoms with Crippen LogP contribution in [0.5, 0.6) is 0 Å². The maximum atomic E-state index is 13.0. The van der Waals surface area contributed by atoms with Crippen molar-refractivity contribution >= 4 is 27.6 Å². The van der Waals surface area contributed by atoms with Gasteiger partial charge in [0, 0.05) is 38.2 Å². The molecule has 2 aliphatic heterocycles. The Balaban J connectivity index is 1.37. The third-order valence-electron chi connectivity index (χ3n) is 6.87. The molecule has 1 aromatic rings. The molecule has 4 rings (SSSR count). The number of hydrogen-bond donors (Lipinski definition) is 0. The van der Waals surface area contributed by atoms with Crippen molar-refractivity contribution in [3.05, 3.63) is 29.8 Å². The number of hydrogen-bond acceptors (Lipinski definition) is 6. The minimum atomic E-state index is -3.65. The van der Waals surface area contributed by atoms with Crippen molar-refractivity contribution in [2.24, 2.45) is 5.41 Å². The van der Waals surface area contributed by atoms with Crippen LogP contribution in [0, 0.1) is 5.41 Å². The molecule has 3 fully saturated rings. The molecule has 3 aliphatic rings. The van der Waals surface area contributed by atoms with Crippen LogP contribution in [-0.4, -0.2) is 73.0 Å². The zero-order valence-electron chi connectivity index (χ0n) is 17.9. The summed E-state index contributed by atoms with van der Waals surface area (Å²) in [6.45, 7) is 3.16. The van der Waals surface area contributed by atoms with Crippen molar-refractivity contribution in [3.63, 3.8) is 0 Å². The van der Waals surface area contributed by atoms with E-state index in [9.17, 15) is 22.8 Å². The zero-order chi connectivity index (χ0) is 22.2. The van der Waals surface area contributed by atoms with Gasteiger partial charge in [-0.05, 0) is 31.9 Å². The van der Waals surface area contributed by atoms with Crippen molar-refractivity contribution in [1.82, 2.24) is 14.1 Å². The van der Waals surface area contributed by atoms with Crippen LogP contribution in [-0.2, 0) is 19.6 Å². The van der Waals surface area contributed by atoms with Crippen molar-refractivity contribution in [1.29, 1.82) is 0 Å². The minimum Gasteiger partial charge on any atom is -0.295 e. The summed E-state index contributed by atoms with van der Waals surface area (Å²) in [7, 11) is -3.65. The Morgan fingerprint density at radius 1 is 0.968 bits per heavy atom. The molecule has 2 saturated heterocycles. The van der Waals surface area contributed by atoms with Crippen LogP contribution >= 0.6 is 0 Å². The molecule has 0 atom stereocenters. The van der Waals surface area contributed by atoms with E-state index in [1.807, 2.05) is 4.90 Å². The minimum absolute atomic E-state index is 0.0437. The predicted molar refractivity (Wildman–Crippen MR) is 114 cm³/mol. The van der Waals surface area contributed by atoms with Crippen molar-refractivity contribution < 1.29 is 22.8 Å². The maximum Gasteiger partial charge on any atom is 0.243 e. The predicted octanol–water partition coefficient (Wildman–Crippen LogP) is 1.86. The molecular formula is C22H29N3O5S. The van der Waals surface area contributed by atoms with Gasteiger partial charge in [0.15, 0.2) is 5.78 Å². The highest BCUT2D eigenvalue weighted by Crippen LogP contribution is 2.45. The van der Waals surface area contributed by atoms with E-state index >= 15 is 0 Å². The fourth-order valence-corrected chi connectivity index (χ4v) is 6.37. The van der Waals surface area contributed by atoms with E-state index in [0.717, 1.165) is 32.1 Å². The molecule has 8 nitrogen and oxygen atoms in total. The van der Waals surface area contributed by atoms with Gasteiger partial charge in [0.25, 0.3) is 0 Å². The lowest BCUT2D eigenvalue weighted by atomic mass is 9.73. The topological polar surface area (TPSA) is 95.1 Å². The lowest BCUT2D eigenvalue weighted by Gasteiger charge is -2.36. The van der Waals surface area contributed by atoms with Gasteiger partial charge in [-0.3, -0.25) is 24.2 Å². The van der Waals surface area contributed by atoms with Gasteiger partial charge in [-0.2, -0.15) is 4.31 Å². The fraction of sp³-hybridized carbons (Fsp3) is 0.591. The molecule has 0 bridgehead atoms. The standard InChI is InChI=1S/C22H29N3O5S/c1-17(26)18-5-7-19(8-6-18)31(29,30)24-13-11-23(12-14-24)16-25-20(27)15-22(21(25)28)9-3-2-4-10-22/h5-8H,2-4,9-16H2,1H3. The van der Waals surface area contributed by atoms with Crippen LogP contribution in [0.15, 0.2) is 29.2 Å². The molecule has 31 heavy (non-hydrogen) atoms. The van der Waals surface area contributed by atoms with Gasteiger partial charge in [-0.15, -0.1) is 0 Å². The molecular weight excluding hydrogens is 418 g/mol. The largest absolute Gasteiger partial charge is 0.295 e. The molecule has 0 aromatic heterocycles. The number of rotatable bonds is 5. The van der Waals surface area contributed by atoms with Gasteiger partial charge in [-0.25, -0.2) is 8.42 Å². The number of ketones is 1. The van der Waals surface area contributed by atoms with Gasteiger partial charge >= 0.3 is 0 Å². The first kappa shape index (κ1) is 22.1. The molecule has 2 amide bonds. The van der Waals surface area contributed by atoms with Crippen LogP contribution < -0.4 is 0 Å². The van der Waals surface area contributed by atoms with E-state index in [2.05, 4.69) is 0 Å². The number of carbonyl (C=O) groups is 3. The average molecular weight is 448 g/mol. The fourth-order valence-electron chi connectivity index (χ4n) is 4.94. The van der Waals surface area contributed by atoms with E-state index < -0.39 is 15.4 Å². The summed E-state index contributed by atoms with van der Waals surface area (Å²) < 4.78 is 27.3. The summed E-state index contributed by atoms with van der Waals surface area (Å²) in [6.07, 6.45) is 5.02.